The van der Waals surface area contributed by atoms with Gasteiger partial charge in [-0.3, -0.25) is 19.8 Å². The Kier molecular flexibility index (Phi) is 11.5. The van der Waals surface area contributed by atoms with Crippen LogP contribution in [0.1, 0.15) is 42.5 Å². The Hall–Kier alpha value is -4.47. The molecule has 0 atom stereocenters. The van der Waals surface area contributed by atoms with Crippen LogP contribution in [0.25, 0.3) is 6.08 Å². The number of rotatable bonds is 14. The lowest BCUT2D eigenvalue weighted by molar-refractivity contribution is -0.130. The first-order valence-corrected chi connectivity index (χ1v) is 15.1. The summed E-state index contributed by atoms with van der Waals surface area (Å²) in [7, 11) is 1.51. The molecule has 0 aromatic heterocycles. The van der Waals surface area contributed by atoms with Gasteiger partial charge in [-0.2, -0.15) is 0 Å². The van der Waals surface area contributed by atoms with Gasteiger partial charge in [0.2, 0.25) is 0 Å². The number of ether oxygens (including phenoxy) is 4. The number of carbonyl (C=O) groups excluding carboxylic acids is 3. The summed E-state index contributed by atoms with van der Waals surface area (Å²) in [5.74, 6) is 0.358. The second-order valence-corrected chi connectivity index (χ2v) is 10.8. The minimum atomic E-state index is -0.820. The molecule has 0 radical (unpaired) electrons. The number of imide groups is 2. The molecule has 45 heavy (non-hydrogen) atoms. The Morgan fingerprint density at radius 2 is 1.71 bits per heavy atom. The van der Waals surface area contributed by atoms with Crippen LogP contribution in [0.15, 0.2) is 66.8 Å². The molecule has 3 aromatic carbocycles. The van der Waals surface area contributed by atoms with Crippen molar-refractivity contribution in [2.45, 2.75) is 39.8 Å². The number of allylic oxidation sites excluding steroid dienone is 1. The Labute approximate surface area is 272 Å². The van der Waals surface area contributed by atoms with Gasteiger partial charge in [0.25, 0.3) is 11.8 Å². The van der Waals surface area contributed by atoms with E-state index in [-0.39, 0.29) is 18.7 Å². The molecular weight excluding hydrogens is 619 g/mol. The van der Waals surface area contributed by atoms with Crippen molar-refractivity contribution in [3.05, 3.63) is 99.1 Å². The van der Waals surface area contributed by atoms with Crippen LogP contribution in [0.2, 0.25) is 10.0 Å². The molecule has 236 valence electrons. The lowest BCUT2D eigenvalue weighted by atomic mass is 10.0. The quantitative estimate of drug-likeness (QED) is 0.112. The highest BCUT2D eigenvalue weighted by molar-refractivity contribution is 6.35. The number of carbonyl (C=O) groups is 3. The lowest BCUT2D eigenvalue weighted by Crippen LogP contribution is -2.53. The Balaban J connectivity index is 1.64. The van der Waals surface area contributed by atoms with E-state index in [1.54, 1.807) is 54.6 Å². The monoisotopic (exact) mass is 652 g/mol. The average Bonchev–Trinajstić information content (AvgIpc) is 3.01. The molecule has 1 N–H and O–H groups in total. The Morgan fingerprint density at radius 3 is 2.40 bits per heavy atom. The van der Waals surface area contributed by atoms with E-state index < -0.39 is 17.8 Å². The molecule has 0 saturated carbocycles. The summed E-state index contributed by atoms with van der Waals surface area (Å²) in [6.45, 7) is 8.58. The summed E-state index contributed by atoms with van der Waals surface area (Å²) in [4.78, 5) is 40.2. The summed E-state index contributed by atoms with van der Waals surface area (Å²) < 4.78 is 23.2. The Bertz CT molecular complexity index is 1640. The van der Waals surface area contributed by atoms with Gasteiger partial charge < -0.3 is 18.9 Å². The molecule has 0 spiro atoms. The molecule has 1 aliphatic heterocycles. The maximum atomic E-state index is 13.5. The van der Waals surface area contributed by atoms with Gasteiger partial charge in [0, 0.05) is 21.2 Å². The third kappa shape index (κ3) is 8.17. The van der Waals surface area contributed by atoms with Crippen LogP contribution in [-0.2, 0) is 29.2 Å². The zero-order valence-corrected chi connectivity index (χ0v) is 26.8. The highest BCUT2D eigenvalue weighted by atomic mass is 35.5. The third-order valence-corrected chi connectivity index (χ3v) is 7.32. The number of nitrogens with zero attached hydrogens (tertiary/aromatic N) is 1. The smallest absolute Gasteiger partial charge is 0.331 e. The van der Waals surface area contributed by atoms with Crippen LogP contribution in [0.3, 0.4) is 0 Å². The highest BCUT2D eigenvalue weighted by Crippen LogP contribution is 2.36. The van der Waals surface area contributed by atoms with E-state index in [2.05, 4.69) is 11.9 Å². The van der Waals surface area contributed by atoms with Crippen LogP contribution >= 0.6 is 23.2 Å². The summed E-state index contributed by atoms with van der Waals surface area (Å²) in [6, 6.07) is 12.9. The molecule has 9 nitrogen and oxygen atoms in total. The normalized spacial score (nSPS) is 13.9. The number of amides is 4. The number of benzene rings is 3. The van der Waals surface area contributed by atoms with E-state index in [0.29, 0.717) is 69.4 Å². The molecule has 0 bridgehead atoms. The first kappa shape index (κ1) is 33.4. The van der Waals surface area contributed by atoms with E-state index in [1.165, 1.54) is 13.2 Å². The number of methoxy groups -OCH3 is 1. The summed E-state index contributed by atoms with van der Waals surface area (Å²) in [5, 5.41) is 3.24. The van der Waals surface area contributed by atoms with Crippen molar-refractivity contribution >= 4 is 47.1 Å². The van der Waals surface area contributed by atoms with Crippen LogP contribution in [-0.4, -0.2) is 43.1 Å². The molecule has 4 rings (SSSR count). The molecule has 1 saturated heterocycles. The van der Waals surface area contributed by atoms with Crippen molar-refractivity contribution in [3.63, 3.8) is 0 Å². The van der Waals surface area contributed by atoms with Gasteiger partial charge in [-0.1, -0.05) is 48.3 Å². The number of hydrogen-bond donors (Lipinski definition) is 1. The lowest BCUT2D eigenvalue weighted by Gasteiger charge is -2.26. The van der Waals surface area contributed by atoms with E-state index in [1.807, 2.05) is 13.8 Å². The van der Waals surface area contributed by atoms with Crippen molar-refractivity contribution in [1.29, 1.82) is 0 Å². The second kappa shape index (κ2) is 15.5. The first-order chi connectivity index (χ1) is 21.7. The van der Waals surface area contributed by atoms with Crippen LogP contribution in [0, 0.1) is 0 Å². The fraction of sp³-hybridized carbons (Fsp3) is 0.265. The number of nitrogens with one attached hydrogen (secondary N) is 1. The van der Waals surface area contributed by atoms with Gasteiger partial charge in [0.15, 0.2) is 23.0 Å². The minimum Gasteiger partial charge on any atom is -0.493 e. The van der Waals surface area contributed by atoms with Gasteiger partial charge in [-0.05, 0) is 73.4 Å². The number of urea groups is 1. The maximum absolute atomic E-state index is 13.5. The summed E-state index contributed by atoms with van der Waals surface area (Å²) in [5.41, 5.74) is 2.34. The number of hydrogen-bond acceptors (Lipinski definition) is 7. The molecule has 1 heterocycles. The summed E-state index contributed by atoms with van der Waals surface area (Å²) >= 11 is 12.4. The van der Waals surface area contributed by atoms with Crippen molar-refractivity contribution in [2.75, 3.05) is 20.3 Å². The molecule has 4 amide bonds. The largest absolute Gasteiger partial charge is 0.493 e. The highest BCUT2D eigenvalue weighted by Gasteiger charge is 2.36. The average molecular weight is 654 g/mol. The fourth-order valence-corrected chi connectivity index (χ4v) is 5.08. The standard InChI is InChI=1S/C34H34Cl2N2O7/c1-5-8-23-14-22(17-30(43-7-3)31(23)45-20-24-10-11-25(35)18-27(24)36)15-26-32(39)37-34(41)38(33(26)40)19-21-9-12-28(44-13-6-2)29(16-21)42-4/h5,9-12,14-18H,1,6-8,13,19-20H2,2-4H3,(H,37,39,41)/b26-15+. The predicted molar refractivity (Wildman–Crippen MR) is 173 cm³/mol. The predicted octanol–water partition coefficient (Wildman–Crippen LogP) is 7.16. The maximum Gasteiger partial charge on any atom is 0.331 e. The van der Waals surface area contributed by atoms with Gasteiger partial charge in [-0.15, -0.1) is 6.58 Å². The van der Waals surface area contributed by atoms with Crippen molar-refractivity contribution in [2.24, 2.45) is 0 Å². The molecule has 0 aliphatic carbocycles. The molecule has 11 heteroatoms. The molecule has 0 unspecified atom stereocenters. The zero-order valence-electron chi connectivity index (χ0n) is 25.3. The molecule has 3 aromatic rings. The first-order valence-electron chi connectivity index (χ1n) is 14.3. The van der Waals surface area contributed by atoms with E-state index >= 15 is 0 Å². The molecular formula is C34H34Cl2N2O7. The van der Waals surface area contributed by atoms with Gasteiger partial charge in [0.1, 0.15) is 12.2 Å². The van der Waals surface area contributed by atoms with Crippen LogP contribution in [0.5, 0.6) is 23.0 Å². The third-order valence-electron chi connectivity index (χ3n) is 6.73. The minimum absolute atomic E-state index is 0.0916. The van der Waals surface area contributed by atoms with Crippen molar-refractivity contribution < 1.29 is 33.3 Å². The van der Waals surface area contributed by atoms with Gasteiger partial charge in [0.05, 0.1) is 26.9 Å². The van der Waals surface area contributed by atoms with E-state index in [9.17, 15) is 14.4 Å². The topological polar surface area (TPSA) is 103 Å². The van der Waals surface area contributed by atoms with E-state index in [0.717, 1.165) is 16.9 Å². The van der Waals surface area contributed by atoms with Crippen molar-refractivity contribution in [3.8, 4) is 23.0 Å². The van der Waals surface area contributed by atoms with Crippen LogP contribution in [0.4, 0.5) is 4.79 Å². The SMILES string of the molecule is C=CCc1cc(/C=C2\C(=O)NC(=O)N(Cc3ccc(OCCC)c(OC)c3)C2=O)cc(OCC)c1OCc1ccc(Cl)cc1Cl. The van der Waals surface area contributed by atoms with E-state index in [4.69, 9.17) is 42.1 Å². The molecule has 1 aliphatic rings. The zero-order chi connectivity index (χ0) is 32.5. The van der Waals surface area contributed by atoms with Gasteiger partial charge in [-0.25, -0.2) is 4.79 Å². The Morgan fingerprint density at radius 1 is 0.911 bits per heavy atom. The van der Waals surface area contributed by atoms with Crippen LogP contribution < -0.4 is 24.3 Å². The number of halogens is 2. The number of barbiturate groups is 1. The summed E-state index contributed by atoms with van der Waals surface area (Å²) in [6.07, 6.45) is 4.36. The molecule has 1 fully saturated rings. The fourth-order valence-electron chi connectivity index (χ4n) is 4.62. The van der Waals surface area contributed by atoms with Gasteiger partial charge >= 0.3 is 6.03 Å². The second-order valence-electron chi connectivity index (χ2n) is 10.00. The van der Waals surface area contributed by atoms with Crippen molar-refractivity contribution in [1.82, 2.24) is 10.2 Å².